The van der Waals surface area contributed by atoms with E-state index in [0.29, 0.717) is 41.5 Å². The van der Waals surface area contributed by atoms with Crippen LogP contribution >= 0.6 is 11.3 Å². The van der Waals surface area contributed by atoms with Crippen molar-refractivity contribution in [3.8, 4) is 11.3 Å². The summed E-state index contributed by atoms with van der Waals surface area (Å²) in [4.78, 5) is 33.0. The molecule has 9 heteroatoms. The van der Waals surface area contributed by atoms with Gasteiger partial charge in [-0.05, 0) is 79.3 Å². The minimum atomic E-state index is -0.394. The summed E-state index contributed by atoms with van der Waals surface area (Å²) in [6.07, 6.45) is 3.59. The average molecular weight is 516 g/mol. The maximum Gasteiger partial charge on any atom is 0.273 e. The molecule has 0 radical (unpaired) electrons. The van der Waals surface area contributed by atoms with Crippen LogP contribution in [0.3, 0.4) is 0 Å². The number of amides is 2. The number of nitrogens with zero attached hydrogens (tertiary/aromatic N) is 4. The predicted octanol–water partition coefficient (Wildman–Crippen LogP) is 4.82. The molecule has 37 heavy (non-hydrogen) atoms. The van der Waals surface area contributed by atoms with Gasteiger partial charge in [0.05, 0.1) is 11.7 Å². The number of aromatic nitrogens is 3. The maximum atomic E-state index is 15.2. The number of halogens is 1. The fourth-order valence-corrected chi connectivity index (χ4v) is 6.65. The Morgan fingerprint density at radius 2 is 2.00 bits per heavy atom. The van der Waals surface area contributed by atoms with Crippen LogP contribution in [0.25, 0.3) is 16.9 Å². The molecule has 3 aromatic heterocycles. The summed E-state index contributed by atoms with van der Waals surface area (Å²) in [7, 11) is 0. The first-order valence-electron chi connectivity index (χ1n) is 12.8. The molecule has 3 atom stereocenters. The lowest BCUT2D eigenvalue weighted by molar-refractivity contribution is -0.119. The van der Waals surface area contributed by atoms with Gasteiger partial charge in [-0.1, -0.05) is 6.07 Å². The lowest BCUT2D eigenvalue weighted by Gasteiger charge is -2.33. The normalized spacial score (nSPS) is 22.8. The van der Waals surface area contributed by atoms with Crippen molar-refractivity contribution in [2.24, 2.45) is 11.7 Å². The van der Waals surface area contributed by atoms with Crippen molar-refractivity contribution in [1.82, 2.24) is 19.5 Å². The van der Waals surface area contributed by atoms with Crippen molar-refractivity contribution in [2.75, 3.05) is 6.54 Å². The first-order valence-corrected chi connectivity index (χ1v) is 13.6. The number of hydrogen-bond acceptors (Lipinski definition) is 5. The van der Waals surface area contributed by atoms with Gasteiger partial charge in [0.2, 0.25) is 5.91 Å². The van der Waals surface area contributed by atoms with Gasteiger partial charge in [0.25, 0.3) is 5.91 Å². The highest BCUT2D eigenvalue weighted by Gasteiger charge is 2.43. The molecule has 1 unspecified atom stereocenters. The Morgan fingerprint density at radius 3 is 2.73 bits per heavy atom. The van der Waals surface area contributed by atoms with Crippen LogP contribution in [-0.2, 0) is 11.2 Å². The minimum absolute atomic E-state index is 0.00128. The maximum absolute atomic E-state index is 15.2. The van der Waals surface area contributed by atoms with E-state index in [1.165, 1.54) is 16.5 Å². The van der Waals surface area contributed by atoms with E-state index in [9.17, 15) is 9.59 Å². The number of benzene rings is 1. The zero-order valence-electron chi connectivity index (χ0n) is 20.4. The van der Waals surface area contributed by atoms with Gasteiger partial charge in [-0.25, -0.2) is 13.9 Å². The van der Waals surface area contributed by atoms with E-state index >= 15 is 4.39 Å². The van der Waals surface area contributed by atoms with Crippen molar-refractivity contribution in [3.05, 3.63) is 75.0 Å². The predicted molar refractivity (Wildman–Crippen MR) is 138 cm³/mol. The number of hydrogen-bond donors (Lipinski definition) is 1. The summed E-state index contributed by atoms with van der Waals surface area (Å²) in [6.45, 7) is 2.73. The number of rotatable bonds is 5. The second-order valence-corrected chi connectivity index (χ2v) is 11.5. The molecule has 3 aliphatic rings. The number of nitrogens with two attached hydrogens (primary N) is 1. The number of primary amides is 1. The number of carbonyl (C=O) groups excluding carboxylic acids is 2. The number of fused-ring (bicyclic) bond motifs is 2. The summed E-state index contributed by atoms with van der Waals surface area (Å²) in [5.41, 5.74) is 10.1. The topological polar surface area (TPSA) is 93.6 Å². The van der Waals surface area contributed by atoms with Crippen LogP contribution < -0.4 is 5.73 Å². The molecule has 2 N–H and O–H groups in total. The van der Waals surface area contributed by atoms with Crippen LogP contribution in [0.1, 0.15) is 76.3 Å². The van der Waals surface area contributed by atoms with Gasteiger partial charge in [-0.15, -0.1) is 11.3 Å². The molecule has 2 fully saturated rings. The smallest absolute Gasteiger partial charge is 0.273 e. The molecule has 0 spiro atoms. The molecule has 1 aromatic carbocycles. The van der Waals surface area contributed by atoms with Gasteiger partial charge in [0.15, 0.2) is 5.65 Å². The standard InChI is InChI=1S/C28H26FN5O2S/c1-14-17-7-9-37-25(17)6-8-33(14)28(36)23-12-24(15-2-3-15)34-26(31-23)13-22(32-34)18-5-4-16(10-21(18)29)19-11-20(19)27(30)35/h4-5,7,9-10,12-15,19-20H,2-3,6,8,11H2,1H3,(H2,30,35)/t14?,19-,20+/m1/s1. The molecule has 4 aromatic rings. The monoisotopic (exact) mass is 515 g/mol. The molecule has 7 nitrogen and oxygen atoms in total. The van der Waals surface area contributed by atoms with E-state index in [1.54, 1.807) is 28.0 Å². The second-order valence-electron chi connectivity index (χ2n) is 10.5. The van der Waals surface area contributed by atoms with Crippen LogP contribution in [0.15, 0.2) is 41.8 Å². The van der Waals surface area contributed by atoms with E-state index in [0.717, 1.165) is 30.5 Å². The Labute approximate surface area is 217 Å². The van der Waals surface area contributed by atoms with E-state index in [4.69, 9.17) is 15.8 Å². The molecule has 2 saturated carbocycles. The average Bonchev–Trinajstić information content (AvgIpc) is 3.79. The highest BCUT2D eigenvalue weighted by molar-refractivity contribution is 7.10. The first-order chi connectivity index (χ1) is 17.9. The Balaban J connectivity index is 1.24. The Hall–Kier alpha value is -3.59. The number of thiophene rings is 1. The van der Waals surface area contributed by atoms with Crippen LogP contribution in [0.2, 0.25) is 0 Å². The first kappa shape index (κ1) is 22.6. The molecule has 0 bridgehead atoms. The van der Waals surface area contributed by atoms with E-state index in [1.807, 2.05) is 17.0 Å². The van der Waals surface area contributed by atoms with Crippen molar-refractivity contribution >= 4 is 28.8 Å². The third-order valence-electron chi connectivity index (χ3n) is 8.06. The zero-order valence-corrected chi connectivity index (χ0v) is 21.2. The fourth-order valence-electron chi connectivity index (χ4n) is 5.69. The second kappa shape index (κ2) is 8.21. The largest absolute Gasteiger partial charge is 0.369 e. The Kier molecular flexibility index (Phi) is 5.01. The van der Waals surface area contributed by atoms with Gasteiger partial charge in [-0.2, -0.15) is 5.10 Å². The molecular weight excluding hydrogens is 489 g/mol. The summed E-state index contributed by atoms with van der Waals surface area (Å²) in [5.74, 6) is -0.722. The lowest BCUT2D eigenvalue weighted by Crippen LogP contribution is -2.38. The van der Waals surface area contributed by atoms with Crippen LogP contribution in [0, 0.1) is 11.7 Å². The molecular formula is C28H26FN5O2S. The summed E-state index contributed by atoms with van der Waals surface area (Å²) >= 11 is 1.75. The van der Waals surface area contributed by atoms with Crippen molar-refractivity contribution < 1.29 is 14.0 Å². The van der Waals surface area contributed by atoms with Gasteiger partial charge in [0, 0.05) is 40.6 Å². The van der Waals surface area contributed by atoms with Crippen molar-refractivity contribution in [2.45, 2.75) is 50.5 Å². The van der Waals surface area contributed by atoms with Crippen molar-refractivity contribution in [3.63, 3.8) is 0 Å². The molecule has 7 rings (SSSR count). The molecule has 4 heterocycles. The quantitative estimate of drug-likeness (QED) is 0.412. The van der Waals surface area contributed by atoms with E-state index in [2.05, 4.69) is 18.4 Å². The molecule has 2 aliphatic carbocycles. The summed E-state index contributed by atoms with van der Waals surface area (Å²) in [6, 6.07) is 10.8. The Morgan fingerprint density at radius 1 is 1.16 bits per heavy atom. The summed E-state index contributed by atoms with van der Waals surface area (Å²) < 4.78 is 17.0. The number of carbonyl (C=O) groups is 2. The summed E-state index contributed by atoms with van der Waals surface area (Å²) in [5, 5.41) is 6.79. The zero-order chi connectivity index (χ0) is 25.4. The van der Waals surface area contributed by atoms with Gasteiger partial charge in [-0.3, -0.25) is 9.59 Å². The Bertz CT molecular complexity index is 1590. The third kappa shape index (κ3) is 3.75. The third-order valence-corrected chi connectivity index (χ3v) is 9.06. The fraction of sp³-hybridized carbons (Fsp3) is 0.357. The highest BCUT2D eigenvalue weighted by atomic mass is 32.1. The van der Waals surface area contributed by atoms with Gasteiger partial charge >= 0.3 is 0 Å². The van der Waals surface area contributed by atoms with Crippen LogP contribution in [0.4, 0.5) is 4.39 Å². The molecule has 1 aliphatic heterocycles. The van der Waals surface area contributed by atoms with Gasteiger partial charge in [0.1, 0.15) is 11.5 Å². The van der Waals surface area contributed by atoms with Crippen LogP contribution in [-0.4, -0.2) is 37.9 Å². The lowest BCUT2D eigenvalue weighted by atomic mass is 10.0. The minimum Gasteiger partial charge on any atom is -0.369 e. The SMILES string of the molecule is CC1c2ccsc2CCN1C(=O)c1cc(C2CC2)n2nc(-c3ccc([C@H]4C[C@@H]4C(N)=O)cc3F)cc2n1. The van der Waals surface area contributed by atoms with Crippen LogP contribution in [0.5, 0.6) is 0 Å². The van der Waals surface area contributed by atoms with Crippen molar-refractivity contribution in [1.29, 1.82) is 0 Å². The highest BCUT2D eigenvalue weighted by Crippen LogP contribution is 2.48. The molecule has 188 valence electrons. The van der Waals surface area contributed by atoms with Gasteiger partial charge < -0.3 is 10.6 Å². The molecule has 2 amide bonds. The van der Waals surface area contributed by atoms with E-state index < -0.39 is 5.82 Å². The molecule has 0 saturated heterocycles. The van der Waals surface area contributed by atoms with E-state index in [-0.39, 0.29) is 29.7 Å².